The summed E-state index contributed by atoms with van der Waals surface area (Å²) in [4.78, 5) is 28.2. The van der Waals surface area contributed by atoms with Crippen molar-refractivity contribution in [1.82, 2.24) is 10.2 Å². The molecule has 11 heteroatoms. The number of carbonyl (C=O) groups excluding carboxylic acids is 2. The van der Waals surface area contributed by atoms with Gasteiger partial charge in [-0.25, -0.2) is 8.42 Å². The standard InChI is InChI=1S/C28H30Cl3N3O4S/c1-18(2)32-28(36)20(4)33(16-21-10-12-22(29)13-11-21)26(35)17-34(25-7-5-6-24(30)27(25)31)39(37,38)23-14-8-19(3)9-15-23/h5-15,18,20H,16-17H2,1-4H3,(H,32,36)/t20-/m1/s1. The molecule has 0 saturated carbocycles. The third-order valence-corrected chi connectivity index (χ3v) is 8.79. The molecule has 39 heavy (non-hydrogen) atoms. The van der Waals surface area contributed by atoms with E-state index in [4.69, 9.17) is 34.8 Å². The van der Waals surface area contributed by atoms with Crippen molar-refractivity contribution in [2.45, 2.75) is 51.2 Å². The summed E-state index contributed by atoms with van der Waals surface area (Å²) < 4.78 is 28.7. The van der Waals surface area contributed by atoms with Crippen LogP contribution in [0.25, 0.3) is 0 Å². The van der Waals surface area contributed by atoms with Crippen molar-refractivity contribution in [1.29, 1.82) is 0 Å². The molecule has 0 bridgehead atoms. The maximum Gasteiger partial charge on any atom is 0.264 e. The second-order valence-electron chi connectivity index (χ2n) is 9.39. The van der Waals surface area contributed by atoms with Gasteiger partial charge in [0, 0.05) is 17.6 Å². The molecule has 7 nitrogen and oxygen atoms in total. The fraction of sp³-hybridized carbons (Fsp3) is 0.286. The topological polar surface area (TPSA) is 86.8 Å². The fourth-order valence-corrected chi connectivity index (χ4v) is 5.81. The molecule has 1 N–H and O–H groups in total. The normalized spacial score (nSPS) is 12.2. The van der Waals surface area contributed by atoms with Crippen molar-refractivity contribution in [3.05, 3.63) is 92.9 Å². The van der Waals surface area contributed by atoms with Gasteiger partial charge in [-0.3, -0.25) is 13.9 Å². The molecule has 0 heterocycles. The minimum atomic E-state index is -4.26. The van der Waals surface area contributed by atoms with Crippen LogP contribution in [0.15, 0.2) is 71.6 Å². The molecule has 0 saturated heterocycles. The summed E-state index contributed by atoms with van der Waals surface area (Å²) in [6.07, 6.45) is 0. The monoisotopic (exact) mass is 609 g/mol. The molecule has 0 aromatic heterocycles. The molecule has 0 fully saturated rings. The number of rotatable bonds is 10. The molecule has 0 radical (unpaired) electrons. The number of nitrogens with one attached hydrogen (secondary N) is 1. The summed E-state index contributed by atoms with van der Waals surface area (Å²) in [5, 5.41) is 3.45. The minimum Gasteiger partial charge on any atom is -0.352 e. The lowest BCUT2D eigenvalue weighted by atomic mass is 10.1. The Bertz CT molecular complexity index is 1430. The smallest absolute Gasteiger partial charge is 0.264 e. The van der Waals surface area contributed by atoms with E-state index < -0.39 is 28.5 Å². The van der Waals surface area contributed by atoms with Crippen molar-refractivity contribution in [2.75, 3.05) is 10.8 Å². The van der Waals surface area contributed by atoms with Gasteiger partial charge in [-0.15, -0.1) is 0 Å². The lowest BCUT2D eigenvalue weighted by Gasteiger charge is -2.32. The predicted octanol–water partition coefficient (Wildman–Crippen LogP) is 6.09. The first-order valence-electron chi connectivity index (χ1n) is 12.2. The van der Waals surface area contributed by atoms with E-state index >= 15 is 0 Å². The molecule has 3 aromatic rings. The average Bonchev–Trinajstić information content (AvgIpc) is 2.88. The summed E-state index contributed by atoms with van der Waals surface area (Å²) >= 11 is 18.7. The Kier molecular flexibility index (Phi) is 10.3. The molecular formula is C28H30Cl3N3O4S. The second-order valence-corrected chi connectivity index (χ2v) is 12.5. The first-order chi connectivity index (χ1) is 18.3. The molecular weight excluding hydrogens is 581 g/mol. The predicted molar refractivity (Wildman–Crippen MR) is 157 cm³/mol. The first-order valence-corrected chi connectivity index (χ1v) is 14.8. The van der Waals surface area contributed by atoms with Gasteiger partial charge in [0.1, 0.15) is 12.6 Å². The number of hydrogen-bond acceptors (Lipinski definition) is 4. The van der Waals surface area contributed by atoms with Crippen LogP contribution in [0.3, 0.4) is 0 Å². The van der Waals surface area contributed by atoms with Crippen LogP contribution in [0.4, 0.5) is 5.69 Å². The second kappa shape index (κ2) is 13.0. The number of aryl methyl sites for hydroxylation is 1. The molecule has 1 atom stereocenters. The highest BCUT2D eigenvalue weighted by Crippen LogP contribution is 2.35. The molecule has 3 rings (SSSR count). The van der Waals surface area contributed by atoms with Crippen molar-refractivity contribution in [2.24, 2.45) is 0 Å². The van der Waals surface area contributed by atoms with Crippen LogP contribution in [0.1, 0.15) is 31.9 Å². The summed E-state index contributed by atoms with van der Waals surface area (Å²) in [5.74, 6) is -0.982. The quantitative estimate of drug-likeness (QED) is 0.301. The lowest BCUT2D eigenvalue weighted by molar-refractivity contribution is -0.139. The molecule has 0 aliphatic carbocycles. The van der Waals surface area contributed by atoms with E-state index in [9.17, 15) is 18.0 Å². The zero-order chi connectivity index (χ0) is 28.9. The van der Waals surface area contributed by atoms with Gasteiger partial charge in [0.05, 0.1) is 20.6 Å². The zero-order valence-corrected chi connectivity index (χ0v) is 25.1. The Balaban J connectivity index is 2.07. The summed E-state index contributed by atoms with van der Waals surface area (Å²) in [6.45, 7) is 6.48. The highest BCUT2D eigenvalue weighted by Gasteiger charge is 2.33. The molecule has 0 aliphatic rings. The van der Waals surface area contributed by atoms with Gasteiger partial charge in [0.25, 0.3) is 10.0 Å². The number of sulfonamides is 1. The third kappa shape index (κ3) is 7.66. The third-order valence-electron chi connectivity index (χ3n) is 5.95. The maximum absolute atomic E-state index is 13.9. The summed E-state index contributed by atoms with van der Waals surface area (Å²) in [5.41, 5.74) is 1.63. The number of nitrogens with zero attached hydrogens (tertiary/aromatic N) is 2. The van der Waals surface area contributed by atoms with Gasteiger partial charge in [0.15, 0.2) is 0 Å². The van der Waals surface area contributed by atoms with Crippen LogP contribution in [-0.2, 0) is 26.2 Å². The lowest BCUT2D eigenvalue weighted by Crippen LogP contribution is -2.52. The van der Waals surface area contributed by atoms with Gasteiger partial charge in [0.2, 0.25) is 11.8 Å². The zero-order valence-electron chi connectivity index (χ0n) is 22.0. The molecule has 208 valence electrons. The van der Waals surface area contributed by atoms with Gasteiger partial charge < -0.3 is 10.2 Å². The molecule has 3 aromatic carbocycles. The first kappa shape index (κ1) is 30.8. The van der Waals surface area contributed by atoms with E-state index in [0.717, 1.165) is 9.87 Å². The van der Waals surface area contributed by atoms with Crippen LogP contribution in [0, 0.1) is 6.92 Å². The van der Waals surface area contributed by atoms with Crippen molar-refractivity contribution in [3.63, 3.8) is 0 Å². The number of benzene rings is 3. The van der Waals surface area contributed by atoms with Gasteiger partial charge in [-0.1, -0.05) is 70.7 Å². The molecule has 0 unspecified atom stereocenters. The number of amides is 2. The van der Waals surface area contributed by atoms with Crippen LogP contribution < -0.4 is 9.62 Å². The molecule has 0 spiro atoms. The highest BCUT2D eigenvalue weighted by molar-refractivity contribution is 7.92. The number of hydrogen-bond donors (Lipinski definition) is 1. The van der Waals surface area contributed by atoms with Crippen molar-refractivity contribution in [3.8, 4) is 0 Å². The summed E-state index contributed by atoms with van der Waals surface area (Å²) in [7, 11) is -4.26. The van der Waals surface area contributed by atoms with Crippen molar-refractivity contribution < 1.29 is 18.0 Å². The molecule has 2 amide bonds. The highest BCUT2D eigenvalue weighted by atomic mass is 35.5. The Morgan fingerprint density at radius 3 is 2.10 bits per heavy atom. The fourth-order valence-electron chi connectivity index (χ4n) is 3.81. The largest absolute Gasteiger partial charge is 0.352 e. The SMILES string of the molecule is Cc1ccc(S(=O)(=O)N(CC(=O)N(Cc2ccc(Cl)cc2)[C@H](C)C(=O)NC(C)C)c2cccc(Cl)c2Cl)cc1. The Hall–Kier alpha value is -2.78. The number of anilines is 1. The summed E-state index contributed by atoms with van der Waals surface area (Å²) in [6, 6.07) is 16.6. The van der Waals surface area contributed by atoms with E-state index in [2.05, 4.69) is 5.32 Å². The number of carbonyl (C=O) groups is 2. The maximum atomic E-state index is 13.9. The van der Waals surface area contributed by atoms with E-state index in [1.807, 2.05) is 20.8 Å². The van der Waals surface area contributed by atoms with E-state index in [0.29, 0.717) is 10.6 Å². The van der Waals surface area contributed by atoms with Crippen LogP contribution in [0.2, 0.25) is 15.1 Å². The molecule has 0 aliphatic heterocycles. The Morgan fingerprint density at radius 2 is 1.51 bits per heavy atom. The van der Waals surface area contributed by atoms with Crippen LogP contribution in [0.5, 0.6) is 0 Å². The average molecular weight is 611 g/mol. The van der Waals surface area contributed by atoms with E-state index in [1.54, 1.807) is 49.4 Å². The van der Waals surface area contributed by atoms with Gasteiger partial charge in [-0.2, -0.15) is 0 Å². The van der Waals surface area contributed by atoms with E-state index in [-0.39, 0.29) is 39.1 Å². The van der Waals surface area contributed by atoms with Gasteiger partial charge in [-0.05, 0) is 69.7 Å². The Labute approximate surface area is 244 Å². The minimum absolute atomic E-state index is 0.0162. The number of halogens is 3. The van der Waals surface area contributed by atoms with Crippen molar-refractivity contribution >= 4 is 62.3 Å². The van der Waals surface area contributed by atoms with Crippen LogP contribution >= 0.6 is 34.8 Å². The van der Waals surface area contributed by atoms with Crippen LogP contribution in [-0.4, -0.2) is 43.8 Å². The van der Waals surface area contributed by atoms with E-state index in [1.165, 1.54) is 29.2 Å². The Morgan fingerprint density at radius 1 is 0.897 bits per heavy atom. The van der Waals surface area contributed by atoms with Gasteiger partial charge >= 0.3 is 0 Å².